The van der Waals surface area contributed by atoms with Gasteiger partial charge < -0.3 is 18.9 Å². The molecule has 1 amide bonds. The fourth-order valence-corrected chi connectivity index (χ4v) is 4.27. The van der Waals surface area contributed by atoms with E-state index in [2.05, 4.69) is 29.5 Å². The second-order valence-electron chi connectivity index (χ2n) is 9.20. The van der Waals surface area contributed by atoms with Crippen LogP contribution in [0.4, 0.5) is 11.4 Å². The van der Waals surface area contributed by atoms with Gasteiger partial charge in [-0.25, -0.2) is 4.98 Å². The lowest BCUT2D eigenvalue weighted by molar-refractivity contribution is -0.384. The molecule has 2 heterocycles. The smallest absolute Gasteiger partial charge is 0.293 e. The molecule has 2 aromatic heterocycles. The number of fused-ring (bicyclic) bond motifs is 1. The van der Waals surface area contributed by atoms with Crippen molar-refractivity contribution < 1.29 is 23.3 Å². The number of furan rings is 1. The monoisotopic (exact) mass is 556 g/mol. The highest BCUT2D eigenvalue weighted by atomic mass is 32.1. The number of non-ortho nitro benzene ring substituents is 1. The molecule has 0 aliphatic rings. The van der Waals surface area contributed by atoms with Gasteiger partial charge in [0.15, 0.2) is 16.5 Å². The summed E-state index contributed by atoms with van der Waals surface area (Å²) in [5.41, 5.74) is 4.17. The van der Waals surface area contributed by atoms with Gasteiger partial charge in [-0.15, -0.1) is 0 Å². The Morgan fingerprint density at radius 2 is 1.85 bits per heavy atom. The highest BCUT2D eigenvalue weighted by Crippen LogP contribution is 2.33. The minimum atomic E-state index is -0.593. The fourth-order valence-electron chi connectivity index (χ4n) is 4.07. The summed E-state index contributed by atoms with van der Waals surface area (Å²) in [5.74, 6) is 0.985. The van der Waals surface area contributed by atoms with Gasteiger partial charge in [0.2, 0.25) is 5.89 Å². The third-order valence-electron chi connectivity index (χ3n) is 6.17. The number of hydrogen-bond donors (Lipinski definition) is 2. The summed E-state index contributed by atoms with van der Waals surface area (Å²) in [6.07, 6.45) is 0. The summed E-state index contributed by atoms with van der Waals surface area (Å²) in [6, 6.07) is 20.2. The van der Waals surface area contributed by atoms with Gasteiger partial charge in [-0.05, 0) is 66.2 Å². The summed E-state index contributed by atoms with van der Waals surface area (Å²) < 4.78 is 17.0. The van der Waals surface area contributed by atoms with E-state index in [9.17, 15) is 14.9 Å². The average molecular weight is 557 g/mol. The molecule has 5 aromatic rings. The van der Waals surface area contributed by atoms with Crippen LogP contribution in [0.3, 0.4) is 0 Å². The van der Waals surface area contributed by atoms with Gasteiger partial charge in [0.1, 0.15) is 17.0 Å². The van der Waals surface area contributed by atoms with Crippen molar-refractivity contribution in [2.75, 3.05) is 12.4 Å². The van der Waals surface area contributed by atoms with Crippen LogP contribution in [-0.4, -0.2) is 28.0 Å². The van der Waals surface area contributed by atoms with Gasteiger partial charge in [0.05, 0.1) is 17.7 Å². The van der Waals surface area contributed by atoms with Crippen LogP contribution in [0.25, 0.3) is 33.9 Å². The lowest BCUT2D eigenvalue weighted by Crippen LogP contribution is -2.34. The molecule has 5 rings (SSSR count). The number of nitrogens with one attached hydrogen (secondary N) is 2. The Morgan fingerprint density at radius 3 is 2.60 bits per heavy atom. The van der Waals surface area contributed by atoms with Crippen LogP contribution in [0.5, 0.6) is 5.75 Å². The number of oxazole rings is 1. The van der Waals surface area contributed by atoms with Crippen LogP contribution in [0.1, 0.15) is 35.9 Å². The first-order chi connectivity index (χ1) is 19.2. The Kier molecular flexibility index (Phi) is 7.30. The molecule has 0 atom stereocenters. The molecule has 10 nitrogen and oxygen atoms in total. The number of nitro benzene ring substituents is 1. The van der Waals surface area contributed by atoms with Gasteiger partial charge >= 0.3 is 0 Å². The van der Waals surface area contributed by atoms with Crippen LogP contribution in [-0.2, 0) is 0 Å². The zero-order valence-electron chi connectivity index (χ0n) is 21.8. The van der Waals surface area contributed by atoms with Crippen LogP contribution < -0.4 is 15.4 Å². The summed E-state index contributed by atoms with van der Waals surface area (Å²) in [7, 11) is 1.52. The quantitative estimate of drug-likeness (QED) is 0.124. The Morgan fingerprint density at radius 1 is 1.02 bits per heavy atom. The number of ether oxygens (including phenoxy) is 1. The van der Waals surface area contributed by atoms with Gasteiger partial charge in [-0.2, -0.15) is 0 Å². The molecule has 0 unspecified atom stereocenters. The molecule has 202 valence electrons. The van der Waals surface area contributed by atoms with E-state index in [-0.39, 0.29) is 16.6 Å². The number of carbonyl (C=O) groups is 1. The average Bonchev–Trinajstić information content (AvgIpc) is 3.60. The molecule has 0 bridgehead atoms. The molecule has 2 N–H and O–H groups in total. The normalized spacial score (nSPS) is 11.0. The zero-order valence-corrected chi connectivity index (χ0v) is 22.6. The van der Waals surface area contributed by atoms with Gasteiger partial charge in [-0.1, -0.05) is 32.0 Å². The van der Waals surface area contributed by atoms with Crippen molar-refractivity contribution in [3.8, 4) is 28.5 Å². The third kappa shape index (κ3) is 5.54. The van der Waals surface area contributed by atoms with Crippen molar-refractivity contribution in [3.63, 3.8) is 0 Å². The van der Waals surface area contributed by atoms with Crippen LogP contribution >= 0.6 is 12.2 Å². The number of rotatable bonds is 7. The van der Waals surface area contributed by atoms with Gasteiger partial charge in [-0.3, -0.25) is 20.2 Å². The van der Waals surface area contributed by atoms with E-state index in [0.29, 0.717) is 45.7 Å². The van der Waals surface area contributed by atoms with E-state index < -0.39 is 10.8 Å². The molecule has 3 aromatic carbocycles. The fraction of sp³-hybridized carbons (Fsp3) is 0.138. The second-order valence-corrected chi connectivity index (χ2v) is 9.60. The van der Waals surface area contributed by atoms with Crippen LogP contribution in [0, 0.1) is 10.1 Å². The van der Waals surface area contributed by atoms with Crippen molar-refractivity contribution in [1.29, 1.82) is 0 Å². The maximum Gasteiger partial charge on any atom is 0.293 e. The van der Waals surface area contributed by atoms with E-state index in [4.69, 9.17) is 25.8 Å². The SMILES string of the molecule is COc1ccc(-c2nc3cc(C(C)C)ccc3o2)cc1NC(=S)NC(=O)c1ccc(-c2cccc([N+](=O)[O-])c2)o1. The number of hydrogen-bond acceptors (Lipinski definition) is 8. The highest BCUT2D eigenvalue weighted by Gasteiger charge is 2.17. The maximum absolute atomic E-state index is 12.8. The topological polar surface area (TPSA) is 133 Å². The van der Waals surface area contributed by atoms with Crippen molar-refractivity contribution in [2.24, 2.45) is 0 Å². The van der Waals surface area contributed by atoms with Crippen LogP contribution in [0.2, 0.25) is 0 Å². The Hall–Kier alpha value is -5.03. The number of nitrogens with zero attached hydrogens (tertiary/aromatic N) is 2. The Labute approximate surface area is 234 Å². The van der Waals surface area contributed by atoms with E-state index in [0.717, 1.165) is 5.52 Å². The number of benzene rings is 3. The number of aromatic nitrogens is 1. The molecule has 40 heavy (non-hydrogen) atoms. The van der Waals surface area contributed by atoms with Crippen molar-refractivity contribution in [1.82, 2.24) is 10.3 Å². The second kappa shape index (κ2) is 11.0. The number of carbonyl (C=O) groups excluding carboxylic acids is 1. The van der Waals surface area contributed by atoms with E-state index >= 15 is 0 Å². The van der Waals surface area contributed by atoms with Gasteiger partial charge in [0, 0.05) is 23.3 Å². The number of thiocarbonyl (C=S) groups is 1. The summed E-state index contributed by atoms with van der Waals surface area (Å²) in [6.45, 7) is 4.24. The lowest BCUT2D eigenvalue weighted by atomic mass is 10.0. The number of methoxy groups -OCH3 is 1. The molecule has 0 fully saturated rings. The summed E-state index contributed by atoms with van der Waals surface area (Å²) in [4.78, 5) is 28.0. The van der Waals surface area contributed by atoms with Gasteiger partial charge in [0.25, 0.3) is 11.6 Å². The molecule has 0 spiro atoms. The first-order valence-electron chi connectivity index (χ1n) is 12.3. The predicted molar refractivity (Wildman–Crippen MR) is 155 cm³/mol. The Balaban J connectivity index is 1.32. The molecule has 0 saturated carbocycles. The van der Waals surface area contributed by atoms with E-state index in [1.807, 2.05) is 24.3 Å². The number of anilines is 1. The van der Waals surface area contributed by atoms with Crippen LogP contribution in [0.15, 0.2) is 81.6 Å². The first-order valence-corrected chi connectivity index (χ1v) is 12.7. The zero-order chi connectivity index (χ0) is 28.4. The molecule has 0 saturated heterocycles. The number of amides is 1. The predicted octanol–water partition coefficient (Wildman–Crippen LogP) is 6.92. The standard InChI is InChI=1S/C29H24N4O6S/c1-16(2)17-7-10-25-22(14-17)30-28(39-25)19-8-9-24(37-3)21(15-19)31-29(40)32-27(34)26-12-11-23(38-26)18-5-4-6-20(13-18)33(35)36/h4-16H,1-3H3,(H2,31,32,34,40). The molecular formula is C29H24N4O6S. The summed E-state index contributed by atoms with van der Waals surface area (Å²) in [5, 5.41) is 16.6. The maximum atomic E-state index is 12.8. The highest BCUT2D eigenvalue weighted by molar-refractivity contribution is 7.80. The molecule has 0 aliphatic carbocycles. The minimum Gasteiger partial charge on any atom is -0.495 e. The van der Waals surface area contributed by atoms with Crippen molar-refractivity contribution >= 4 is 45.7 Å². The lowest BCUT2D eigenvalue weighted by Gasteiger charge is -2.13. The van der Waals surface area contributed by atoms with Crippen molar-refractivity contribution in [2.45, 2.75) is 19.8 Å². The summed E-state index contributed by atoms with van der Waals surface area (Å²) >= 11 is 5.36. The molecular weight excluding hydrogens is 532 g/mol. The van der Waals surface area contributed by atoms with E-state index in [1.165, 1.54) is 30.9 Å². The van der Waals surface area contributed by atoms with Crippen molar-refractivity contribution in [3.05, 3.63) is 94.2 Å². The molecule has 11 heteroatoms. The molecule has 0 radical (unpaired) electrons. The van der Waals surface area contributed by atoms with E-state index in [1.54, 1.807) is 30.3 Å². The minimum absolute atomic E-state index is 0.00730. The molecule has 0 aliphatic heterocycles. The Bertz CT molecular complexity index is 1760. The third-order valence-corrected chi connectivity index (χ3v) is 6.38. The number of nitro groups is 1. The first kappa shape index (κ1) is 26.6. The largest absolute Gasteiger partial charge is 0.495 e.